The summed E-state index contributed by atoms with van der Waals surface area (Å²) >= 11 is 6.05. The van der Waals surface area contributed by atoms with Crippen molar-refractivity contribution >= 4 is 28.9 Å². The lowest BCUT2D eigenvalue weighted by Gasteiger charge is -2.28. The van der Waals surface area contributed by atoms with Gasteiger partial charge in [-0.15, -0.1) is 0 Å². The van der Waals surface area contributed by atoms with Crippen molar-refractivity contribution < 1.29 is 4.79 Å². The number of nitrogen functional groups attached to an aromatic ring is 1. The zero-order chi connectivity index (χ0) is 11.7. The predicted octanol–water partition coefficient (Wildman–Crippen LogP) is 1.99. The first-order valence-corrected chi connectivity index (χ1v) is 5.61. The molecule has 0 heterocycles. The normalized spacial score (nSPS) is 15.6. The number of primary amides is 1. The SMILES string of the molecule is NC(=O)c1cc(N)cc(Cl)c1NC1CCC1. The molecule has 86 valence electrons. The Balaban J connectivity index is 2.35. The van der Waals surface area contributed by atoms with Gasteiger partial charge in [0.1, 0.15) is 0 Å². The zero-order valence-electron chi connectivity index (χ0n) is 8.79. The van der Waals surface area contributed by atoms with Crippen LogP contribution in [0.1, 0.15) is 29.6 Å². The quantitative estimate of drug-likeness (QED) is 0.706. The minimum Gasteiger partial charge on any atom is -0.399 e. The minimum absolute atomic E-state index is 0.358. The maximum absolute atomic E-state index is 11.3. The van der Waals surface area contributed by atoms with Crippen LogP contribution in [0.3, 0.4) is 0 Å². The van der Waals surface area contributed by atoms with E-state index in [1.54, 1.807) is 12.1 Å². The molecular weight excluding hydrogens is 226 g/mol. The van der Waals surface area contributed by atoms with Gasteiger partial charge < -0.3 is 16.8 Å². The van der Waals surface area contributed by atoms with Gasteiger partial charge in [-0.25, -0.2) is 0 Å². The Labute approximate surface area is 98.9 Å². The van der Waals surface area contributed by atoms with Gasteiger partial charge in [0.05, 0.1) is 16.3 Å². The van der Waals surface area contributed by atoms with Crippen molar-refractivity contribution in [2.75, 3.05) is 11.1 Å². The molecule has 1 saturated carbocycles. The van der Waals surface area contributed by atoms with Crippen molar-refractivity contribution in [3.8, 4) is 0 Å². The third-order valence-corrected chi connectivity index (χ3v) is 3.13. The van der Waals surface area contributed by atoms with Gasteiger partial charge in [0.15, 0.2) is 0 Å². The van der Waals surface area contributed by atoms with Gasteiger partial charge in [-0.05, 0) is 31.4 Å². The van der Waals surface area contributed by atoms with Crippen molar-refractivity contribution in [3.05, 3.63) is 22.7 Å². The van der Waals surface area contributed by atoms with Crippen LogP contribution in [-0.2, 0) is 0 Å². The number of nitrogens with two attached hydrogens (primary N) is 2. The minimum atomic E-state index is -0.518. The average Bonchev–Trinajstić information content (AvgIpc) is 2.12. The van der Waals surface area contributed by atoms with Crippen LogP contribution in [-0.4, -0.2) is 11.9 Å². The maximum atomic E-state index is 11.3. The molecule has 1 aromatic rings. The Morgan fingerprint density at radius 3 is 2.62 bits per heavy atom. The van der Waals surface area contributed by atoms with E-state index in [1.165, 1.54) is 6.42 Å². The smallest absolute Gasteiger partial charge is 0.250 e. The topological polar surface area (TPSA) is 81.1 Å². The van der Waals surface area contributed by atoms with E-state index >= 15 is 0 Å². The number of nitrogens with one attached hydrogen (secondary N) is 1. The highest BCUT2D eigenvalue weighted by atomic mass is 35.5. The summed E-state index contributed by atoms with van der Waals surface area (Å²) in [6, 6.07) is 3.56. The van der Waals surface area contributed by atoms with Crippen molar-refractivity contribution in [2.45, 2.75) is 25.3 Å². The maximum Gasteiger partial charge on any atom is 0.250 e. The summed E-state index contributed by atoms with van der Waals surface area (Å²) in [6.45, 7) is 0. The number of hydrogen-bond donors (Lipinski definition) is 3. The Bertz CT molecular complexity index is 429. The van der Waals surface area contributed by atoms with Gasteiger partial charge in [0, 0.05) is 11.7 Å². The van der Waals surface area contributed by atoms with E-state index in [0.29, 0.717) is 28.0 Å². The molecule has 1 amide bonds. The van der Waals surface area contributed by atoms with Crippen molar-refractivity contribution in [2.24, 2.45) is 5.73 Å². The molecule has 1 aliphatic rings. The van der Waals surface area contributed by atoms with Crippen LogP contribution in [0.5, 0.6) is 0 Å². The second-order valence-corrected chi connectivity index (χ2v) is 4.47. The molecule has 0 atom stereocenters. The van der Waals surface area contributed by atoms with Crippen molar-refractivity contribution in [3.63, 3.8) is 0 Å². The highest BCUT2D eigenvalue weighted by Crippen LogP contribution is 2.32. The van der Waals surface area contributed by atoms with Crippen molar-refractivity contribution in [1.82, 2.24) is 0 Å². The van der Waals surface area contributed by atoms with E-state index in [-0.39, 0.29) is 0 Å². The standard InChI is InChI=1S/C11H14ClN3O/c12-9-5-6(13)4-8(11(14)16)10(9)15-7-2-1-3-7/h4-5,7,15H,1-3,13H2,(H2,14,16). The third kappa shape index (κ3) is 2.07. The van der Waals surface area contributed by atoms with Gasteiger partial charge in [-0.2, -0.15) is 0 Å². The number of carbonyl (C=O) groups excluding carboxylic acids is 1. The fraction of sp³-hybridized carbons (Fsp3) is 0.364. The second-order valence-electron chi connectivity index (χ2n) is 4.06. The molecule has 5 heteroatoms. The average molecular weight is 240 g/mol. The van der Waals surface area contributed by atoms with E-state index in [1.807, 2.05) is 0 Å². The Kier molecular flexibility index (Phi) is 2.92. The number of benzene rings is 1. The summed E-state index contributed by atoms with van der Waals surface area (Å²) in [6.07, 6.45) is 3.40. The highest BCUT2D eigenvalue weighted by Gasteiger charge is 2.21. The lowest BCUT2D eigenvalue weighted by atomic mass is 9.92. The molecule has 1 aromatic carbocycles. The van der Waals surface area contributed by atoms with Crippen LogP contribution in [0, 0.1) is 0 Å². The van der Waals surface area contributed by atoms with E-state index in [4.69, 9.17) is 23.1 Å². The van der Waals surface area contributed by atoms with Gasteiger partial charge in [-0.1, -0.05) is 11.6 Å². The number of halogens is 1. The van der Waals surface area contributed by atoms with Crippen LogP contribution in [0.2, 0.25) is 5.02 Å². The van der Waals surface area contributed by atoms with Gasteiger partial charge in [0.2, 0.25) is 0 Å². The summed E-state index contributed by atoms with van der Waals surface area (Å²) in [5.74, 6) is -0.518. The molecule has 5 N–H and O–H groups in total. The molecule has 0 unspecified atom stereocenters. The van der Waals surface area contributed by atoms with Crippen LogP contribution in [0.15, 0.2) is 12.1 Å². The number of rotatable bonds is 3. The molecule has 0 aromatic heterocycles. The van der Waals surface area contributed by atoms with Crippen LogP contribution in [0.25, 0.3) is 0 Å². The molecule has 0 bridgehead atoms. The first kappa shape index (κ1) is 11.1. The molecule has 16 heavy (non-hydrogen) atoms. The fourth-order valence-electron chi connectivity index (χ4n) is 1.73. The number of carbonyl (C=O) groups is 1. The molecule has 0 radical (unpaired) electrons. The van der Waals surface area contributed by atoms with Crippen LogP contribution >= 0.6 is 11.6 Å². The Morgan fingerprint density at radius 2 is 2.12 bits per heavy atom. The first-order chi connectivity index (χ1) is 7.58. The Hall–Kier alpha value is -1.42. The molecule has 1 aliphatic carbocycles. The molecule has 4 nitrogen and oxygen atoms in total. The zero-order valence-corrected chi connectivity index (χ0v) is 9.55. The predicted molar refractivity (Wildman–Crippen MR) is 65.6 cm³/mol. The van der Waals surface area contributed by atoms with Crippen LogP contribution < -0.4 is 16.8 Å². The van der Waals surface area contributed by atoms with Crippen molar-refractivity contribution in [1.29, 1.82) is 0 Å². The van der Waals surface area contributed by atoms with Gasteiger partial charge >= 0.3 is 0 Å². The summed E-state index contributed by atoms with van der Waals surface area (Å²) in [5, 5.41) is 3.68. The lowest BCUT2D eigenvalue weighted by molar-refractivity contribution is 0.100. The molecule has 0 aliphatic heterocycles. The molecule has 0 saturated heterocycles. The molecule has 2 rings (SSSR count). The van der Waals surface area contributed by atoms with Gasteiger partial charge in [0.25, 0.3) is 5.91 Å². The van der Waals surface area contributed by atoms with E-state index in [2.05, 4.69) is 5.32 Å². The third-order valence-electron chi connectivity index (χ3n) is 2.83. The number of amides is 1. The van der Waals surface area contributed by atoms with Gasteiger partial charge in [-0.3, -0.25) is 4.79 Å². The van der Waals surface area contributed by atoms with E-state index in [0.717, 1.165) is 12.8 Å². The largest absolute Gasteiger partial charge is 0.399 e. The van der Waals surface area contributed by atoms with E-state index in [9.17, 15) is 4.79 Å². The molecular formula is C11H14ClN3O. The number of anilines is 2. The summed E-state index contributed by atoms with van der Waals surface area (Å²) in [4.78, 5) is 11.3. The molecule has 1 fully saturated rings. The van der Waals surface area contributed by atoms with E-state index < -0.39 is 5.91 Å². The monoisotopic (exact) mass is 239 g/mol. The highest BCUT2D eigenvalue weighted by molar-refractivity contribution is 6.34. The molecule has 0 spiro atoms. The second kappa shape index (κ2) is 4.22. The summed E-state index contributed by atoms with van der Waals surface area (Å²) < 4.78 is 0. The number of hydrogen-bond acceptors (Lipinski definition) is 3. The lowest BCUT2D eigenvalue weighted by Crippen LogP contribution is -2.28. The van der Waals surface area contributed by atoms with Crippen LogP contribution in [0.4, 0.5) is 11.4 Å². The summed E-state index contributed by atoms with van der Waals surface area (Å²) in [7, 11) is 0. The first-order valence-electron chi connectivity index (χ1n) is 5.23. The Morgan fingerprint density at radius 1 is 1.44 bits per heavy atom. The summed E-state index contributed by atoms with van der Waals surface area (Å²) in [5.41, 5.74) is 12.3. The fourth-order valence-corrected chi connectivity index (χ4v) is 2.01.